The lowest BCUT2D eigenvalue weighted by molar-refractivity contribution is -0.139. The second kappa shape index (κ2) is 6.47. The standard InChI is InChI=1S/C17H15FN2O2/c18-14-11-13(16-19-9-4-10-20-16)7-8-15(14)22-17(21)12-5-2-1-3-6-12/h1-2,4,7-12H,3,5-6H2. The Morgan fingerprint density at radius 2 is 2.05 bits per heavy atom. The number of hydrogen-bond acceptors (Lipinski definition) is 4. The molecule has 4 nitrogen and oxygen atoms in total. The molecule has 3 rings (SSSR count). The highest BCUT2D eigenvalue weighted by Crippen LogP contribution is 2.26. The SMILES string of the molecule is O=C(Oc1ccc(-c2ncccn2)cc1F)C1CC=CCC1. The predicted molar refractivity (Wildman–Crippen MR) is 79.5 cm³/mol. The quantitative estimate of drug-likeness (QED) is 0.494. The van der Waals surface area contributed by atoms with Crippen molar-refractivity contribution in [2.75, 3.05) is 0 Å². The molecule has 0 radical (unpaired) electrons. The number of ether oxygens (including phenoxy) is 1. The third kappa shape index (κ3) is 3.19. The topological polar surface area (TPSA) is 52.1 Å². The van der Waals surface area contributed by atoms with Gasteiger partial charge in [-0.05, 0) is 43.5 Å². The van der Waals surface area contributed by atoms with Gasteiger partial charge in [0, 0.05) is 18.0 Å². The van der Waals surface area contributed by atoms with E-state index in [1.807, 2.05) is 12.2 Å². The zero-order valence-electron chi connectivity index (χ0n) is 11.9. The number of esters is 1. The van der Waals surface area contributed by atoms with E-state index in [-0.39, 0.29) is 17.6 Å². The van der Waals surface area contributed by atoms with Crippen LogP contribution in [0, 0.1) is 11.7 Å². The Morgan fingerprint density at radius 3 is 2.73 bits per heavy atom. The first-order valence-corrected chi connectivity index (χ1v) is 7.17. The lowest BCUT2D eigenvalue weighted by Crippen LogP contribution is -2.21. The molecule has 1 aliphatic carbocycles. The molecule has 112 valence electrons. The molecule has 0 N–H and O–H groups in total. The fourth-order valence-electron chi connectivity index (χ4n) is 2.37. The number of halogens is 1. The minimum absolute atomic E-state index is 0.0563. The van der Waals surface area contributed by atoms with E-state index < -0.39 is 5.82 Å². The van der Waals surface area contributed by atoms with E-state index in [1.54, 1.807) is 24.5 Å². The summed E-state index contributed by atoms with van der Waals surface area (Å²) in [6.07, 6.45) is 9.42. The summed E-state index contributed by atoms with van der Waals surface area (Å²) < 4.78 is 19.3. The molecular weight excluding hydrogens is 283 g/mol. The summed E-state index contributed by atoms with van der Waals surface area (Å²) in [5.41, 5.74) is 0.540. The number of aromatic nitrogens is 2. The first kappa shape index (κ1) is 14.4. The van der Waals surface area contributed by atoms with E-state index in [9.17, 15) is 9.18 Å². The first-order chi connectivity index (χ1) is 10.7. The van der Waals surface area contributed by atoms with Crippen LogP contribution in [-0.2, 0) is 4.79 Å². The third-order valence-corrected chi connectivity index (χ3v) is 3.57. The molecule has 0 aliphatic heterocycles. The summed E-state index contributed by atoms with van der Waals surface area (Å²) in [6, 6.07) is 6.05. The number of carbonyl (C=O) groups excluding carboxylic acids is 1. The Kier molecular flexibility index (Phi) is 4.23. The number of benzene rings is 1. The van der Waals surface area contributed by atoms with Crippen molar-refractivity contribution < 1.29 is 13.9 Å². The van der Waals surface area contributed by atoms with Gasteiger partial charge in [-0.1, -0.05) is 12.2 Å². The van der Waals surface area contributed by atoms with Gasteiger partial charge in [-0.15, -0.1) is 0 Å². The van der Waals surface area contributed by atoms with Crippen LogP contribution in [0.3, 0.4) is 0 Å². The van der Waals surface area contributed by atoms with Gasteiger partial charge in [0.15, 0.2) is 17.4 Å². The second-order valence-corrected chi connectivity index (χ2v) is 5.12. The van der Waals surface area contributed by atoms with E-state index in [1.165, 1.54) is 12.1 Å². The molecule has 22 heavy (non-hydrogen) atoms. The van der Waals surface area contributed by atoms with Crippen LogP contribution in [-0.4, -0.2) is 15.9 Å². The van der Waals surface area contributed by atoms with E-state index in [4.69, 9.17) is 4.74 Å². The summed E-state index contributed by atoms with van der Waals surface area (Å²) in [5, 5.41) is 0. The van der Waals surface area contributed by atoms with Crippen molar-refractivity contribution in [1.29, 1.82) is 0 Å². The molecule has 1 unspecified atom stereocenters. The number of nitrogens with zero attached hydrogens (tertiary/aromatic N) is 2. The van der Waals surface area contributed by atoms with Crippen molar-refractivity contribution in [2.45, 2.75) is 19.3 Å². The normalized spacial score (nSPS) is 17.2. The van der Waals surface area contributed by atoms with E-state index in [0.717, 1.165) is 12.8 Å². The van der Waals surface area contributed by atoms with Crippen molar-refractivity contribution in [3.05, 3.63) is 54.6 Å². The molecule has 5 heteroatoms. The van der Waals surface area contributed by atoms with Gasteiger partial charge in [-0.2, -0.15) is 0 Å². The van der Waals surface area contributed by atoms with E-state index >= 15 is 0 Å². The Bertz CT molecular complexity index is 701. The van der Waals surface area contributed by atoms with Gasteiger partial charge in [-0.3, -0.25) is 4.79 Å². The lowest BCUT2D eigenvalue weighted by atomic mass is 9.95. The fraction of sp³-hybridized carbons (Fsp3) is 0.235. The lowest BCUT2D eigenvalue weighted by Gasteiger charge is -2.16. The Balaban J connectivity index is 1.75. The van der Waals surface area contributed by atoms with Crippen LogP contribution in [0.5, 0.6) is 5.75 Å². The molecule has 0 saturated heterocycles. The van der Waals surface area contributed by atoms with Gasteiger partial charge in [0.2, 0.25) is 0 Å². The highest BCUT2D eigenvalue weighted by atomic mass is 19.1. The van der Waals surface area contributed by atoms with E-state index in [0.29, 0.717) is 17.8 Å². The smallest absolute Gasteiger partial charge is 0.314 e. The molecule has 0 saturated carbocycles. The van der Waals surface area contributed by atoms with Gasteiger partial charge in [0.1, 0.15) is 0 Å². The highest BCUT2D eigenvalue weighted by molar-refractivity contribution is 5.75. The van der Waals surface area contributed by atoms with Gasteiger partial charge in [-0.25, -0.2) is 14.4 Å². The predicted octanol–water partition coefficient (Wildman–Crippen LogP) is 3.54. The second-order valence-electron chi connectivity index (χ2n) is 5.12. The molecule has 0 bridgehead atoms. The van der Waals surface area contributed by atoms with Crippen LogP contribution < -0.4 is 4.74 Å². The van der Waals surface area contributed by atoms with Gasteiger partial charge < -0.3 is 4.74 Å². The summed E-state index contributed by atoms with van der Waals surface area (Å²) in [6.45, 7) is 0. The maximum absolute atomic E-state index is 14.1. The fourth-order valence-corrected chi connectivity index (χ4v) is 2.37. The average Bonchev–Trinajstić information content (AvgIpc) is 2.58. The summed E-state index contributed by atoms with van der Waals surface area (Å²) >= 11 is 0. The molecule has 1 heterocycles. The largest absolute Gasteiger partial charge is 0.423 e. The maximum Gasteiger partial charge on any atom is 0.314 e. The number of carbonyl (C=O) groups is 1. The number of rotatable bonds is 3. The third-order valence-electron chi connectivity index (χ3n) is 3.57. The zero-order chi connectivity index (χ0) is 15.4. The minimum atomic E-state index is -0.593. The number of hydrogen-bond donors (Lipinski definition) is 0. The van der Waals surface area contributed by atoms with Gasteiger partial charge in [0.05, 0.1) is 5.92 Å². The first-order valence-electron chi connectivity index (χ1n) is 7.17. The van der Waals surface area contributed by atoms with Crippen LogP contribution >= 0.6 is 0 Å². The Morgan fingerprint density at radius 1 is 1.23 bits per heavy atom. The van der Waals surface area contributed by atoms with Crippen LogP contribution in [0.2, 0.25) is 0 Å². The molecular formula is C17H15FN2O2. The van der Waals surface area contributed by atoms with Crippen molar-refractivity contribution in [3.63, 3.8) is 0 Å². The Hall–Kier alpha value is -2.56. The van der Waals surface area contributed by atoms with Crippen molar-refractivity contribution >= 4 is 5.97 Å². The Labute approximate surface area is 127 Å². The molecule has 1 atom stereocenters. The van der Waals surface area contributed by atoms with Crippen molar-refractivity contribution in [2.24, 2.45) is 5.92 Å². The molecule has 1 aromatic carbocycles. The number of allylic oxidation sites excluding steroid dienone is 2. The summed E-state index contributed by atoms with van der Waals surface area (Å²) in [5.74, 6) is -0.797. The summed E-state index contributed by atoms with van der Waals surface area (Å²) in [4.78, 5) is 20.1. The molecule has 1 aromatic heterocycles. The average molecular weight is 298 g/mol. The summed E-state index contributed by atoms with van der Waals surface area (Å²) in [7, 11) is 0. The minimum Gasteiger partial charge on any atom is -0.423 e. The van der Waals surface area contributed by atoms with Crippen molar-refractivity contribution in [3.8, 4) is 17.1 Å². The zero-order valence-corrected chi connectivity index (χ0v) is 11.9. The molecule has 0 fully saturated rings. The highest BCUT2D eigenvalue weighted by Gasteiger charge is 2.22. The van der Waals surface area contributed by atoms with Crippen LogP contribution in [0.15, 0.2) is 48.8 Å². The molecule has 0 spiro atoms. The molecule has 0 amide bonds. The van der Waals surface area contributed by atoms with Crippen LogP contribution in [0.25, 0.3) is 11.4 Å². The van der Waals surface area contributed by atoms with Crippen LogP contribution in [0.4, 0.5) is 4.39 Å². The van der Waals surface area contributed by atoms with E-state index in [2.05, 4.69) is 9.97 Å². The molecule has 2 aromatic rings. The van der Waals surface area contributed by atoms with Gasteiger partial charge in [0.25, 0.3) is 0 Å². The van der Waals surface area contributed by atoms with Gasteiger partial charge >= 0.3 is 5.97 Å². The maximum atomic E-state index is 14.1. The van der Waals surface area contributed by atoms with Crippen LogP contribution in [0.1, 0.15) is 19.3 Å². The monoisotopic (exact) mass is 298 g/mol. The molecule has 1 aliphatic rings. The van der Waals surface area contributed by atoms with Crippen molar-refractivity contribution in [1.82, 2.24) is 9.97 Å².